The highest BCUT2D eigenvalue weighted by Gasteiger charge is 2.18. The standard InChI is InChI=1S/C17H17BrN4O3/c1-9(2)24-14-5-4-11(7-19-14)17(23)25-10(3)15-21-13-6-12(18)8-20-16(13)22-15/h4-10H,1-3H3,(H,20,21,22)/t10-/m1/s1. The third-order valence-electron chi connectivity index (χ3n) is 3.32. The van der Waals surface area contributed by atoms with Crippen LogP contribution in [0.5, 0.6) is 5.88 Å². The highest BCUT2D eigenvalue weighted by molar-refractivity contribution is 9.10. The zero-order valence-electron chi connectivity index (χ0n) is 14.0. The largest absolute Gasteiger partial charge is 0.475 e. The minimum Gasteiger partial charge on any atom is -0.475 e. The Hall–Kier alpha value is -2.48. The summed E-state index contributed by atoms with van der Waals surface area (Å²) in [6, 6.07) is 5.13. The maximum Gasteiger partial charge on any atom is 0.340 e. The van der Waals surface area contributed by atoms with Gasteiger partial charge in [0.15, 0.2) is 11.8 Å². The van der Waals surface area contributed by atoms with E-state index >= 15 is 0 Å². The number of H-pyrrole nitrogens is 1. The highest BCUT2D eigenvalue weighted by Crippen LogP contribution is 2.21. The van der Waals surface area contributed by atoms with Crippen LogP contribution < -0.4 is 4.74 Å². The second-order valence-electron chi connectivity index (χ2n) is 5.75. The number of rotatable bonds is 5. The molecule has 0 radical (unpaired) electrons. The number of carbonyl (C=O) groups excluding carboxylic acids is 1. The number of carbonyl (C=O) groups is 1. The Labute approximate surface area is 152 Å². The van der Waals surface area contributed by atoms with Crippen molar-refractivity contribution in [2.75, 3.05) is 0 Å². The van der Waals surface area contributed by atoms with Gasteiger partial charge in [-0.25, -0.2) is 19.7 Å². The van der Waals surface area contributed by atoms with E-state index in [2.05, 4.69) is 35.9 Å². The fourth-order valence-corrected chi connectivity index (χ4v) is 2.51. The van der Waals surface area contributed by atoms with Gasteiger partial charge < -0.3 is 14.5 Å². The van der Waals surface area contributed by atoms with E-state index in [-0.39, 0.29) is 6.10 Å². The molecule has 0 aliphatic rings. The number of aromatic nitrogens is 4. The zero-order valence-corrected chi connectivity index (χ0v) is 15.6. The van der Waals surface area contributed by atoms with Gasteiger partial charge in [0, 0.05) is 22.9 Å². The molecule has 0 bridgehead atoms. The number of halogens is 1. The monoisotopic (exact) mass is 404 g/mol. The number of nitrogens with zero attached hydrogens (tertiary/aromatic N) is 3. The van der Waals surface area contributed by atoms with Crippen molar-refractivity contribution in [3.05, 3.63) is 46.5 Å². The number of esters is 1. The van der Waals surface area contributed by atoms with Crippen molar-refractivity contribution in [3.8, 4) is 5.88 Å². The summed E-state index contributed by atoms with van der Waals surface area (Å²) in [5.41, 5.74) is 1.68. The molecule has 3 aromatic heterocycles. The van der Waals surface area contributed by atoms with E-state index in [9.17, 15) is 4.79 Å². The molecule has 0 aliphatic heterocycles. The third kappa shape index (κ3) is 4.14. The lowest BCUT2D eigenvalue weighted by Crippen LogP contribution is -2.11. The molecule has 0 aliphatic carbocycles. The zero-order chi connectivity index (χ0) is 18.0. The summed E-state index contributed by atoms with van der Waals surface area (Å²) in [5.74, 6) is 0.515. The van der Waals surface area contributed by atoms with E-state index in [0.29, 0.717) is 22.9 Å². The molecule has 7 nitrogen and oxygen atoms in total. The van der Waals surface area contributed by atoms with Gasteiger partial charge in [-0.1, -0.05) is 0 Å². The summed E-state index contributed by atoms with van der Waals surface area (Å²) in [6.07, 6.45) is 2.57. The predicted octanol–water partition coefficient (Wildman–Crippen LogP) is 3.82. The van der Waals surface area contributed by atoms with Gasteiger partial charge in [-0.3, -0.25) is 0 Å². The van der Waals surface area contributed by atoms with Crippen LogP contribution in [0.2, 0.25) is 0 Å². The Balaban J connectivity index is 1.70. The van der Waals surface area contributed by atoms with Crippen molar-refractivity contribution in [1.29, 1.82) is 0 Å². The number of pyridine rings is 2. The van der Waals surface area contributed by atoms with Crippen molar-refractivity contribution in [3.63, 3.8) is 0 Å². The van der Waals surface area contributed by atoms with E-state index in [1.807, 2.05) is 19.9 Å². The highest BCUT2D eigenvalue weighted by atomic mass is 79.9. The molecule has 0 saturated heterocycles. The van der Waals surface area contributed by atoms with E-state index in [0.717, 1.165) is 9.99 Å². The van der Waals surface area contributed by atoms with Gasteiger partial charge in [0.25, 0.3) is 0 Å². The molecule has 130 valence electrons. The summed E-state index contributed by atoms with van der Waals surface area (Å²) in [4.78, 5) is 28.0. The van der Waals surface area contributed by atoms with Crippen molar-refractivity contribution in [2.24, 2.45) is 0 Å². The number of nitrogens with one attached hydrogen (secondary N) is 1. The van der Waals surface area contributed by atoms with E-state index in [1.165, 1.54) is 6.20 Å². The van der Waals surface area contributed by atoms with Gasteiger partial charge in [0.2, 0.25) is 5.88 Å². The molecule has 0 unspecified atom stereocenters. The van der Waals surface area contributed by atoms with Crippen LogP contribution in [-0.4, -0.2) is 32.0 Å². The molecular weight excluding hydrogens is 388 g/mol. The molecule has 8 heteroatoms. The number of hydrogen-bond acceptors (Lipinski definition) is 6. The van der Waals surface area contributed by atoms with Crippen LogP contribution in [0.15, 0.2) is 35.1 Å². The SMILES string of the molecule is CC(C)Oc1ccc(C(=O)O[C@H](C)c2nc3ncc(Br)cc3[nH]2)cn1. The van der Waals surface area contributed by atoms with E-state index in [4.69, 9.17) is 9.47 Å². The smallest absolute Gasteiger partial charge is 0.340 e. The van der Waals surface area contributed by atoms with Crippen LogP contribution in [0.4, 0.5) is 0 Å². The molecule has 0 amide bonds. The molecule has 1 N–H and O–H groups in total. The Kier molecular flexibility index (Phi) is 4.98. The fourth-order valence-electron chi connectivity index (χ4n) is 2.18. The Morgan fingerprint density at radius 2 is 2.00 bits per heavy atom. The second kappa shape index (κ2) is 7.18. The van der Waals surface area contributed by atoms with Crippen molar-refractivity contribution in [1.82, 2.24) is 19.9 Å². The number of fused-ring (bicyclic) bond motifs is 1. The average Bonchev–Trinajstić information content (AvgIpc) is 2.98. The first-order valence-corrected chi connectivity index (χ1v) is 8.56. The summed E-state index contributed by atoms with van der Waals surface area (Å²) < 4.78 is 11.7. The van der Waals surface area contributed by atoms with Crippen LogP contribution in [0, 0.1) is 0 Å². The van der Waals surface area contributed by atoms with Crippen molar-refractivity contribution >= 4 is 33.1 Å². The number of imidazole rings is 1. The van der Waals surface area contributed by atoms with Gasteiger partial charge in [0.05, 0.1) is 17.2 Å². The molecule has 0 fully saturated rings. The molecule has 0 saturated carbocycles. The van der Waals surface area contributed by atoms with E-state index < -0.39 is 12.1 Å². The first-order chi connectivity index (χ1) is 11.9. The third-order valence-corrected chi connectivity index (χ3v) is 3.75. The topological polar surface area (TPSA) is 90.0 Å². The summed E-state index contributed by atoms with van der Waals surface area (Å²) in [6.45, 7) is 5.56. The van der Waals surface area contributed by atoms with Crippen LogP contribution in [0.3, 0.4) is 0 Å². The first-order valence-electron chi connectivity index (χ1n) is 7.77. The lowest BCUT2D eigenvalue weighted by atomic mass is 10.3. The molecule has 25 heavy (non-hydrogen) atoms. The Morgan fingerprint density at radius 3 is 2.68 bits per heavy atom. The lowest BCUT2D eigenvalue weighted by Gasteiger charge is -2.11. The van der Waals surface area contributed by atoms with Crippen LogP contribution in [-0.2, 0) is 4.74 Å². The van der Waals surface area contributed by atoms with Gasteiger partial charge in [0.1, 0.15) is 5.82 Å². The molecular formula is C17H17BrN4O3. The fraction of sp³-hybridized carbons (Fsp3) is 0.294. The molecule has 1 atom stereocenters. The van der Waals surface area contributed by atoms with Gasteiger partial charge in [-0.15, -0.1) is 0 Å². The second-order valence-corrected chi connectivity index (χ2v) is 6.66. The van der Waals surface area contributed by atoms with Crippen molar-refractivity contribution < 1.29 is 14.3 Å². The Morgan fingerprint density at radius 1 is 1.20 bits per heavy atom. The molecule has 3 heterocycles. The molecule has 0 aromatic carbocycles. The maximum atomic E-state index is 12.3. The maximum absolute atomic E-state index is 12.3. The van der Waals surface area contributed by atoms with Gasteiger partial charge in [-0.05, 0) is 48.8 Å². The summed E-state index contributed by atoms with van der Waals surface area (Å²) in [7, 11) is 0. The average molecular weight is 405 g/mol. The van der Waals surface area contributed by atoms with Gasteiger partial charge in [-0.2, -0.15) is 0 Å². The Bertz CT molecular complexity index is 893. The van der Waals surface area contributed by atoms with Gasteiger partial charge >= 0.3 is 5.97 Å². The van der Waals surface area contributed by atoms with E-state index in [1.54, 1.807) is 25.3 Å². The number of ether oxygens (including phenoxy) is 2. The molecule has 3 rings (SSSR count). The molecule has 0 spiro atoms. The van der Waals surface area contributed by atoms with Crippen LogP contribution >= 0.6 is 15.9 Å². The quantitative estimate of drug-likeness (QED) is 0.649. The minimum absolute atomic E-state index is 0.0204. The number of aromatic amines is 1. The number of hydrogen-bond donors (Lipinski definition) is 1. The summed E-state index contributed by atoms with van der Waals surface area (Å²) >= 11 is 3.36. The normalized spacial score (nSPS) is 12.4. The van der Waals surface area contributed by atoms with Crippen LogP contribution in [0.1, 0.15) is 43.1 Å². The first kappa shape index (κ1) is 17.3. The summed E-state index contributed by atoms with van der Waals surface area (Å²) in [5, 5.41) is 0. The van der Waals surface area contributed by atoms with Crippen molar-refractivity contribution in [2.45, 2.75) is 33.0 Å². The predicted molar refractivity (Wildman–Crippen MR) is 95.4 cm³/mol. The lowest BCUT2D eigenvalue weighted by molar-refractivity contribution is 0.0321. The molecule has 3 aromatic rings. The minimum atomic E-state index is -0.549. The van der Waals surface area contributed by atoms with Crippen LogP contribution in [0.25, 0.3) is 11.2 Å².